The molecule has 3 nitrogen and oxygen atoms in total. The number of aliphatic hydroxyl groups excluding tert-OH is 1. The summed E-state index contributed by atoms with van der Waals surface area (Å²) < 4.78 is 16.2. The predicted molar refractivity (Wildman–Crippen MR) is 75.7 cm³/mol. The zero-order valence-corrected chi connectivity index (χ0v) is 12.6. The minimum Gasteiger partial charge on any atom is -0.382 e. The first-order valence-electron chi connectivity index (χ1n) is 5.89. The molecule has 0 amide bonds. The van der Waals surface area contributed by atoms with Gasteiger partial charge in [0.05, 0.1) is 10.7 Å². The molecule has 0 spiro atoms. The Labute approximate surface area is 124 Å². The maximum absolute atomic E-state index is 14.1. The normalized spacial score (nSPS) is 12.7. The van der Waals surface area contributed by atoms with E-state index < -0.39 is 11.9 Å². The monoisotopic (exact) mass is 346 g/mol. The Bertz CT molecular complexity index is 588. The molecule has 0 bridgehead atoms. The lowest BCUT2D eigenvalue weighted by atomic mass is 10.1. The van der Waals surface area contributed by atoms with Gasteiger partial charge in [0.15, 0.2) is 0 Å². The quantitative estimate of drug-likeness (QED) is 0.851. The van der Waals surface area contributed by atoms with Crippen LogP contribution in [0.4, 0.5) is 4.39 Å². The first-order valence-corrected chi connectivity index (χ1v) is 7.06. The number of aromatic nitrogens is 2. The van der Waals surface area contributed by atoms with Crippen LogP contribution in [-0.4, -0.2) is 14.9 Å². The van der Waals surface area contributed by atoms with Crippen molar-refractivity contribution in [3.05, 3.63) is 51.0 Å². The zero-order chi connectivity index (χ0) is 14.0. The maximum atomic E-state index is 14.1. The van der Waals surface area contributed by atoms with E-state index in [0.717, 1.165) is 6.42 Å². The number of hydrogen-bond acceptors (Lipinski definition) is 2. The van der Waals surface area contributed by atoms with Gasteiger partial charge in [-0.25, -0.2) is 4.39 Å². The van der Waals surface area contributed by atoms with Crippen LogP contribution in [-0.2, 0) is 6.54 Å². The number of halogens is 3. The highest BCUT2D eigenvalue weighted by atomic mass is 79.9. The van der Waals surface area contributed by atoms with Crippen LogP contribution in [0.5, 0.6) is 0 Å². The minimum atomic E-state index is -1.08. The van der Waals surface area contributed by atoms with E-state index in [1.807, 2.05) is 6.92 Å². The molecule has 2 aromatic rings. The largest absolute Gasteiger partial charge is 0.382 e. The van der Waals surface area contributed by atoms with E-state index in [-0.39, 0.29) is 10.6 Å². The molecule has 1 heterocycles. The summed E-state index contributed by atoms with van der Waals surface area (Å²) in [5, 5.41) is 14.4. The van der Waals surface area contributed by atoms with Gasteiger partial charge in [-0.1, -0.05) is 24.6 Å². The molecule has 1 aromatic carbocycles. The second kappa shape index (κ2) is 6.03. The molecule has 6 heteroatoms. The molecule has 1 unspecified atom stereocenters. The van der Waals surface area contributed by atoms with E-state index in [1.165, 1.54) is 6.07 Å². The summed E-state index contributed by atoms with van der Waals surface area (Å²) in [6, 6.07) is 4.81. The van der Waals surface area contributed by atoms with E-state index in [9.17, 15) is 9.50 Å². The highest BCUT2D eigenvalue weighted by Crippen LogP contribution is 2.32. The average molecular weight is 348 g/mol. The number of benzene rings is 1. The van der Waals surface area contributed by atoms with Crippen molar-refractivity contribution in [2.24, 2.45) is 0 Å². The van der Waals surface area contributed by atoms with Crippen molar-refractivity contribution in [3.63, 3.8) is 0 Å². The number of aryl methyl sites for hydroxylation is 1. The van der Waals surface area contributed by atoms with Crippen molar-refractivity contribution in [3.8, 4) is 0 Å². The van der Waals surface area contributed by atoms with E-state index in [0.29, 0.717) is 16.7 Å². The van der Waals surface area contributed by atoms with Gasteiger partial charge in [-0.2, -0.15) is 5.10 Å². The molecular weight excluding hydrogens is 335 g/mol. The Kier molecular flexibility index (Phi) is 4.60. The van der Waals surface area contributed by atoms with Gasteiger partial charge in [-0.3, -0.25) is 4.68 Å². The summed E-state index contributed by atoms with van der Waals surface area (Å²) in [5.74, 6) is -0.618. The fraction of sp³-hybridized carbons (Fsp3) is 0.308. The number of rotatable bonds is 4. The molecule has 0 saturated heterocycles. The average Bonchev–Trinajstić information content (AvgIpc) is 2.84. The minimum absolute atomic E-state index is 0.0295. The maximum Gasteiger partial charge on any atom is 0.149 e. The van der Waals surface area contributed by atoms with Crippen molar-refractivity contribution in [2.45, 2.75) is 26.0 Å². The van der Waals surface area contributed by atoms with Crippen LogP contribution >= 0.6 is 27.5 Å². The molecule has 0 saturated carbocycles. The molecule has 0 aliphatic carbocycles. The van der Waals surface area contributed by atoms with Crippen LogP contribution in [0.1, 0.15) is 30.7 Å². The standard InChI is InChI=1S/C13H13BrClFN2O/c1-2-7-18-10(5-6-17-18)13(19)8-3-4-9(14)11(15)12(8)16/h3-6,13,19H,2,7H2,1H3. The van der Waals surface area contributed by atoms with Crippen LogP contribution in [0, 0.1) is 5.82 Å². The second-order valence-corrected chi connectivity index (χ2v) is 5.38. The highest BCUT2D eigenvalue weighted by molar-refractivity contribution is 9.10. The summed E-state index contributed by atoms with van der Waals surface area (Å²) >= 11 is 8.98. The van der Waals surface area contributed by atoms with Gasteiger partial charge in [0.25, 0.3) is 0 Å². The fourth-order valence-electron chi connectivity index (χ4n) is 1.89. The van der Waals surface area contributed by atoms with E-state index in [4.69, 9.17) is 11.6 Å². The van der Waals surface area contributed by atoms with Crippen LogP contribution in [0.3, 0.4) is 0 Å². The molecule has 0 fully saturated rings. The molecular formula is C13H13BrClFN2O. The van der Waals surface area contributed by atoms with Gasteiger partial charge >= 0.3 is 0 Å². The lowest BCUT2D eigenvalue weighted by Gasteiger charge is -2.15. The molecule has 1 atom stereocenters. The number of aliphatic hydroxyl groups is 1. The molecule has 1 aromatic heterocycles. The predicted octanol–water partition coefficient (Wildman–Crippen LogP) is 3.93. The molecule has 2 rings (SSSR count). The van der Waals surface area contributed by atoms with Gasteiger partial charge < -0.3 is 5.11 Å². The third-order valence-corrected chi connectivity index (χ3v) is 4.08. The molecule has 0 radical (unpaired) electrons. The summed E-state index contributed by atoms with van der Waals surface area (Å²) in [5.41, 5.74) is 0.699. The Balaban J connectivity index is 2.41. The fourth-order valence-corrected chi connectivity index (χ4v) is 2.36. The summed E-state index contributed by atoms with van der Waals surface area (Å²) in [6.45, 7) is 2.68. The summed E-state index contributed by atoms with van der Waals surface area (Å²) in [6.07, 6.45) is 1.39. The zero-order valence-electron chi connectivity index (χ0n) is 10.3. The lowest BCUT2D eigenvalue weighted by molar-refractivity contribution is 0.202. The van der Waals surface area contributed by atoms with Crippen LogP contribution in [0.2, 0.25) is 5.02 Å². The first-order chi connectivity index (χ1) is 9.06. The lowest BCUT2D eigenvalue weighted by Crippen LogP contribution is -2.11. The highest BCUT2D eigenvalue weighted by Gasteiger charge is 2.21. The van der Waals surface area contributed by atoms with Crippen molar-refractivity contribution in [2.75, 3.05) is 0 Å². The van der Waals surface area contributed by atoms with Crippen molar-refractivity contribution in [1.29, 1.82) is 0 Å². The second-order valence-electron chi connectivity index (χ2n) is 4.15. The Morgan fingerprint density at radius 2 is 2.21 bits per heavy atom. The molecule has 102 valence electrons. The van der Waals surface area contributed by atoms with Crippen LogP contribution in [0.15, 0.2) is 28.9 Å². The Hall–Kier alpha value is -0.910. The Morgan fingerprint density at radius 3 is 2.89 bits per heavy atom. The molecule has 19 heavy (non-hydrogen) atoms. The molecule has 1 N–H and O–H groups in total. The van der Waals surface area contributed by atoms with Gasteiger partial charge in [-0.15, -0.1) is 0 Å². The van der Waals surface area contributed by atoms with Gasteiger partial charge in [0, 0.05) is 22.8 Å². The summed E-state index contributed by atoms with van der Waals surface area (Å²) in [4.78, 5) is 0. The smallest absolute Gasteiger partial charge is 0.149 e. The van der Waals surface area contributed by atoms with Crippen molar-refractivity contribution < 1.29 is 9.50 Å². The van der Waals surface area contributed by atoms with E-state index >= 15 is 0 Å². The van der Waals surface area contributed by atoms with E-state index in [1.54, 1.807) is 23.0 Å². The van der Waals surface area contributed by atoms with Gasteiger partial charge in [0.1, 0.15) is 11.9 Å². The molecule has 0 aliphatic rings. The Morgan fingerprint density at radius 1 is 1.47 bits per heavy atom. The van der Waals surface area contributed by atoms with Crippen molar-refractivity contribution >= 4 is 27.5 Å². The molecule has 0 aliphatic heterocycles. The topological polar surface area (TPSA) is 38.0 Å². The summed E-state index contributed by atoms with van der Waals surface area (Å²) in [7, 11) is 0. The third kappa shape index (κ3) is 2.83. The van der Waals surface area contributed by atoms with Crippen LogP contribution < -0.4 is 0 Å². The van der Waals surface area contributed by atoms with Gasteiger partial charge in [0.2, 0.25) is 0 Å². The van der Waals surface area contributed by atoms with Crippen LogP contribution in [0.25, 0.3) is 0 Å². The third-order valence-electron chi connectivity index (χ3n) is 2.82. The number of hydrogen-bond donors (Lipinski definition) is 1. The van der Waals surface area contributed by atoms with E-state index in [2.05, 4.69) is 21.0 Å². The van der Waals surface area contributed by atoms with Crippen molar-refractivity contribution in [1.82, 2.24) is 9.78 Å². The SMILES string of the molecule is CCCn1nccc1C(O)c1ccc(Br)c(Cl)c1F. The van der Waals surface area contributed by atoms with Gasteiger partial charge in [-0.05, 0) is 34.5 Å². The number of nitrogens with zero attached hydrogens (tertiary/aromatic N) is 2. The first kappa shape index (κ1) is 14.5.